The predicted molar refractivity (Wildman–Crippen MR) is 142 cm³/mol. The van der Waals surface area contributed by atoms with Crippen LogP contribution in [-0.4, -0.2) is 49.0 Å². The molecule has 4 aliphatic rings. The molecule has 6 rings (SSSR count). The number of piperidine rings is 1. The van der Waals surface area contributed by atoms with Crippen molar-refractivity contribution in [2.75, 3.05) is 0 Å². The Hall–Kier alpha value is -2.57. The Morgan fingerprint density at radius 1 is 0.976 bits per heavy atom. The topological polar surface area (TPSA) is 84.9 Å². The van der Waals surface area contributed by atoms with Crippen molar-refractivity contribution in [3.05, 3.63) is 57.9 Å². The van der Waals surface area contributed by atoms with E-state index in [2.05, 4.69) is 9.64 Å². The van der Waals surface area contributed by atoms with Gasteiger partial charge >= 0.3 is 6.36 Å². The highest BCUT2D eigenvalue weighted by Gasteiger charge is 2.43. The first-order chi connectivity index (χ1) is 19.3. The van der Waals surface area contributed by atoms with Crippen LogP contribution in [0.3, 0.4) is 0 Å². The number of nitrogens with zero attached hydrogens (tertiary/aromatic N) is 1. The summed E-state index contributed by atoms with van der Waals surface area (Å²) in [6.07, 6.45) is 0.833. The van der Waals surface area contributed by atoms with E-state index in [1.807, 2.05) is 4.72 Å². The van der Waals surface area contributed by atoms with Gasteiger partial charge in [0.1, 0.15) is 23.4 Å². The minimum Gasteiger partial charge on any atom is -0.490 e. The summed E-state index contributed by atoms with van der Waals surface area (Å²) in [6.45, 7) is 0.480. The van der Waals surface area contributed by atoms with Gasteiger partial charge in [0.15, 0.2) is 0 Å². The van der Waals surface area contributed by atoms with Gasteiger partial charge in [-0.25, -0.2) is 17.5 Å². The van der Waals surface area contributed by atoms with Gasteiger partial charge in [0.25, 0.3) is 5.91 Å². The van der Waals surface area contributed by atoms with Gasteiger partial charge in [0, 0.05) is 29.7 Å². The van der Waals surface area contributed by atoms with Crippen LogP contribution in [0.5, 0.6) is 11.5 Å². The van der Waals surface area contributed by atoms with Crippen LogP contribution in [0, 0.1) is 5.82 Å². The monoisotopic (exact) mass is 616 g/mol. The summed E-state index contributed by atoms with van der Waals surface area (Å²) >= 11 is 6.00. The number of rotatable bonds is 9. The summed E-state index contributed by atoms with van der Waals surface area (Å²) in [6, 6.07) is 6.84. The van der Waals surface area contributed by atoms with Gasteiger partial charge in [-0.05, 0) is 92.7 Å². The summed E-state index contributed by atoms with van der Waals surface area (Å²) < 4.78 is 89.8. The first kappa shape index (κ1) is 28.5. The molecule has 3 atom stereocenters. The van der Waals surface area contributed by atoms with E-state index in [9.17, 15) is 26.4 Å². The summed E-state index contributed by atoms with van der Waals surface area (Å²) in [7, 11) is -3.80. The van der Waals surface area contributed by atoms with Crippen molar-refractivity contribution >= 4 is 27.5 Å². The number of carbonyl (C=O) groups is 1. The molecular formula is C28H29ClF4N2O5S. The lowest BCUT2D eigenvalue weighted by Crippen LogP contribution is -2.45. The number of fused-ring (bicyclic) bond motifs is 2. The van der Waals surface area contributed by atoms with Crippen molar-refractivity contribution in [2.45, 2.75) is 93.6 Å². The van der Waals surface area contributed by atoms with Crippen molar-refractivity contribution in [3.8, 4) is 11.5 Å². The van der Waals surface area contributed by atoms with E-state index in [-0.39, 0.29) is 40.4 Å². The molecule has 41 heavy (non-hydrogen) atoms. The van der Waals surface area contributed by atoms with Gasteiger partial charge in [-0.15, -0.1) is 13.2 Å². The van der Waals surface area contributed by atoms with E-state index in [1.165, 1.54) is 24.3 Å². The molecule has 2 aromatic rings. The molecule has 7 nitrogen and oxygen atoms in total. The molecule has 2 saturated carbocycles. The summed E-state index contributed by atoms with van der Waals surface area (Å²) in [5, 5.41) is -0.521. The van der Waals surface area contributed by atoms with Crippen molar-refractivity contribution in [2.24, 2.45) is 0 Å². The number of amides is 1. The first-order valence-corrected chi connectivity index (χ1v) is 15.6. The van der Waals surface area contributed by atoms with Gasteiger partial charge in [0.05, 0.1) is 10.8 Å². The van der Waals surface area contributed by atoms with Crippen molar-refractivity contribution in [3.63, 3.8) is 0 Å². The van der Waals surface area contributed by atoms with Gasteiger partial charge in [0.2, 0.25) is 10.0 Å². The molecule has 2 aromatic carbocycles. The van der Waals surface area contributed by atoms with Crippen LogP contribution < -0.4 is 14.2 Å². The van der Waals surface area contributed by atoms with E-state index in [1.54, 1.807) is 0 Å². The number of nitrogens with one attached hydrogen (secondary N) is 1. The number of alkyl halides is 3. The molecule has 0 spiro atoms. The fourth-order valence-electron chi connectivity index (χ4n) is 6.13. The lowest BCUT2D eigenvalue weighted by atomic mass is 9.95. The van der Waals surface area contributed by atoms with E-state index in [0.29, 0.717) is 32.2 Å². The molecule has 2 aliphatic heterocycles. The maximum atomic E-state index is 15.2. The number of hydrogen-bond donors (Lipinski definition) is 1. The molecule has 2 aliphatic carbocycles. The molecule has 13 heteroatoms. The van der Waals surface area contributed by atoms with Crippen LogP contribution in [0.25, 0.3) is 0 Å². The Kier molecular flexibility index (Phi) is 7.39. The van der Waals surface area contributed by atoms with Crippen LogP contribution in [0.2, 0.25) is 5.02 Å². The highest BCUT2D eigenvalue weighted by molar-refractivity contribution is 7.91. The number of ether oxygens (including phenoxy) is 2. The van der Waals surface area contributed by atoms with E-state index < -0.39 is 39.1 Å². The fourth-order valence-corrected chi connectivity index (χ4v) is 7.63. The molecule has 2 saturated heterocycles. The van der Waals surface area contributed by atoms with Gasteiger partial charge < -0.3 is 9.47 Å². The second-order valence-electron chi connectivity index (χ2n) is 11.4. The Labute approximate surface area is 240 Å². The Morgan fingerprint density at radius 3 is 2.24 bits per heavy atom. The lowest BCUT2D eigenvalue weighted by Gasteiger charge is -2.39. The average molecular weight is 617 g/mol. The normalized spacial score (nSPS) is 24.8. The minimum atomic E-state index is -4.85. The molecule has 1 N–H and O–H groups in total. The highest BCUT2D eigenvalue weighted by atomic mass is 35.5. The Balaban J connectivity index is 1.15. The zero-order valence-electron chi connectivity index (χ0n) is 21.9. The summed E-state index contributed by atoms with van der Waals surface area (Å²) in [5.41, 5.74) is 1.39. The summed E-state index contributed by atoms with van der Waals surface area (Å²) in [5.74, 6) is -1.74. The first-order valence-electron chi connectivity index (χ1n) is 13.7. The second kappa shape index (κ2) is 10.6. The zero-order valence-corrected chi connectivity index (χ0v) is 23.5. The molecule has 2 heterocycles. The molecule has 2 bridgehead atoms. The molecule has 0 radical (unpaired) electrons. The Bertz CT molecular complexity index is 1450. The minimum absolute atomic E-state index is 0.0686. The van der Waals surface area contributed by atoms with E-state index in [0.717, 1.165) is 42.9 Å². The third kappa shape index (κ3) is 6.59. The van der Waals surface area contributed by atoms with Crippen molar-refractivity contribution in [1.82, 2.24) is 9.62 Å². The largest absolute Gasteiger partial charge is 0.573 e. The molecule has 0 unspecified atom stereocenters. The molecular weight excluding hydrogens is 588 g/mol. The maximum Gasteiger partial charge on any atom is 0.573 e. The SMILES string of the molecule is O=C(NS(=O)(=O)C1CC1)c1cc(C2CC2)c(CN2[C@@H]3CC[C@H]2C[C@H](Oc2cc(Cl)cc(OC(F)(F)F)c2)C3)cc1F. The van der Waals surface area contributed by atoms with Crippen LogP contribution in [0.1, 0.15) is 78.8 Å². The number of sulfonamides is 1. The number of hydrogen-bond acceptors (Lipinski definition) is 6. The smallest absolute Gasteiger partial charge is 0.490 e. The second-order valence-corrected chi connectivity index (χ2v) is 13.8. The predicted octanol–water partition coefficient (Wildman–Crippen LogP) is 6.05. The standard InChI is InChI=1S/C28H29ClF4N2O5S/c29-17-8-20(12-22(9-17)40-28(31,32)33)39-21-10-18-3-4-19(11-21)35(18)14-16-7-26(30)25(13-24(16)15-1-2-15)27(36)34-41(37,38)23-5-6-23/h7-9,12-13,15,18-19,21,23H,1-6,10-11,14H2,(H,34,36)/t18-,19+,21-. The number of benzene rings is 2. The lowest BCUT2D eigenvalue weighted by molar-refractivity contribution is -0.274. The van der Waals surface area contributed by atoms with E-state index in [4.69, 9.17) is 16.3 Å². The fraction of sp³-hybridized carbons (Fsp3) is 0.536. The summed E-state index contributed by atoms with van der Waals surface area (Å²) in [4.78, 5) is 15.0. The molecule has 1 amide bonds. The third-order valence-corrected chi connectivity index (χ3v) is 10.3. The van der Waals surface area contributed by atoms with E-state index >= 15 is 4.39 Å². The van der Waals surface area contributed by atoms with Crippen LogP contribution in [0.15, 0.2) is 30.3 Å². The van der Waals surface area contributed by atoms with Gasteiger partial charge in [-0.2, -0.15) is 0 Å². The zero-order chi connectivity index (χ0) is 29.1. The van der Waals surface area contributed by atoms with Crippen LogP contribution in [-0.2, 0) is 16.6 Å². The maximum absolute atomic E-state index is 15.2. The quantitative estimate of drug-likeness (QED) is 0.345. The van der Waals surface area contributed by atoms with Crippen molar-refractivity contribution < 1.29 is 40.2 Å². The van der Waals surface area contributed by atoms with Gasteiger partial charge in [-0.3, -0.25) is 9.69 Å². The average Bonchev–Trinajstić information content (AvgIpc) is 3.75. The third-order valence-electron chi connectivity index (χ3n) is 8.26. The van der Waals surface area contributed by atoms with Crippen molar-refractivity contribution in [1.29, 1.82) is 0 Å². The number of carbonyl (C=O) groups excluding carboxylic acids is 1. The molecule has 0 aromatic heterocycles. The number of halogens is 5. The molecule has 4 fully saturated rings. The molecule has 222 valence electrons. The Morgan fingerprint density at radius 2 is 1.63 bits per heavy atom. The highest BCUT2D eigenvalue weighted by Crippen LogP contribution is 2.45. The van der Waals surface area contributed by atoms with Gasteiger partial charge in [-0.1, -0.05) is 11.6 Å². The van der Waals surface area contributed by atoms with Crippen LogP contribution >= 0.6 is 11.6 Å². The van der Waals surface area contributed by atoms with Crippen LogP contribution in [0.4, 0.5) is 17.6 Å².